The van der Waals surface area contributed by atoms with Crippen LogP contribution in [-0.2, 0) is 4.79 Å². The van der Waals surface area contributed by atoms with E-state index in [9.17, 15) is 4.79 Å². The van der Waals surface area contributed by atoms with E-state index in [2.05, 4.69) is 43.2 Å². The fraction of sp³-hybridized carbons (Fsp3) is 0.371. The molecule has 2 aromatic heterocycles. The second-order valence-electron chi connectivity index (χ2n) is 11.8. The Morgan fingerprint density at radius 2 is 2.17 bits per heavy atom. The standard InChI is InChI=1S/C35H39N8O3.Li/c1-6-29(13-15-37-21-36)46-31-12-9-27(17-23(31)2)40-34-33-30(38-22-39-34)18-32-35(41-33)43-16-14-25(26(19-43)20-45-32)8-11-28(44)10-7-24(3)42(4)5;/h1,6-7,9-10,12-13,17-18,21-22,24-26H,8,11,14,16,19-20H2,2-5H3,(H,38,39,40);/q-3;+1/b10-7+,29-13+;/t24-,25?,26-;/m0./s1. The summed E-state index contributed by atoms with van der Waals surface area (Å²) in [5, 5.41) is 12.1. The number of aryl methyl sites for hydroxylation is 1. The molecule has 1 saturated heterocycles. The second kappa shape index (κ2) is 16.5. The van der Waals surface area contributed by atoms with Crippen molar-refractivity contribution in [3.05, 3.63) is 78.2 Å². The van der Waals surface area contributed by atoms with Crippen LogP contribution in [0.25, 0.3) is 16.4 Å². The molecule has 11 nitrogen and oxygen atoms in total. The summed E-state index contributed by atoms with van der Waals surface area (Å²) in [4.78, 5) is 34.4. The molecule has 5 rings (SSSR count). The van der Waals surface area contributed by atoms with E-state index >= 15 is 0 Å². The number of ether oxygens (including phenoxy) is 2. The van der Waals surface area contributed by atoms with E-state index < -0.39 is 0 Å². The number of nitrogens with one attached hydrogen (secondary N) is 1. The maximum Gasteiger partial charge on any atom is 1.00 e. The summed E-state index contributed by atoms with van der Waals surface area (Å²) in [5.41, 5.74) is 2.97. The van der Waals surface area contributed by atoms with Crippen molar-refractivity contribution in [3.63, 3.8) is 0 Å². The Balaban J connectivity index is 0.00000500. The van der Waals surface area contributed by atoms with E-state index in [0.717, 1.165) is 43.0 Å². The number of carbonyl (C=O) groups excluding carboxylic acids is 1. The first-order valence-corrected chi connectivity index (χ1v) is 15.4. The summed E-state index contributed by atoms with van der Waals surface area (Å²) in [6.45, 7) is 11.9. The van der Waals surface area contributed by atoms with Gasteiger partial charge in [-0.15, -0.1) is 6.08 Å². The van der Waals surface area contributed by atoms with Gasteiger partial charge in [0.2, 0.25) is 0 Å². The first kappa shape index (κ1) is 35.5. The Morgan fingerprint density at radius 3 is 2.91 bits per heavy atom. The number of ketones is 1. The van der Waals surface area contributed by atoms with Crippen LogP contribution in [0.4, 0.5) is 17.3 Å². The average molecular weight is 627 g/mol. The number of hydrogen-bond acceptors (Lipinski definition) is 9. The number of aromatic nitrogens is 3. The van der Waals surface area contributed by atoms with Crippen LogP contribution in [0, 0.1) is 25.3 Å². The minimum Gasteiger partial charge on any atom is -0.577 e. The first-order chi connectivity index (χ1) is 22.2. The van der Waals surface area contributed by atoms with Gasteiger partial charge in [0.05, 0.1) is 12.1 Å². The smallest absolute Gasteiger partial charge is 0.577 e. The van der Waals surface area contributed by atoms with Crippen LogP contribution >= 0.6 is 0 Å². The van der Waals surface area contributed by atoms with E-state index in [1.807, 2.05) is 51.4 Å². The molecule has 2 aliphatic rings. The molecule has 3 atom stereocenters. The summed E-state index contributed by atoms with van der Waals surface area (Å²) in [6, 6.07) is 7.79. The van der Waals surface area contributed by atoms with Crippen molar-refractivity contribution in [2.45, 2.75) is 39.2 Å². The number of benzene rings is 1. The van der Waals surface area contributed by atoms with Crippen molar-refractivity contribution < 1.29 is 33.1 Å². The van der Waals surface area contributed by atoms with Gasteiger partial charge in [-0.05, 0) is 76.5 Å². The Labute approximate surface area is 288 Å². The minimum absolute atomic E-state index is 0. The molecule has 2 aliphatic heterocycles. The third-order valence-corrected chi connectivity index (χ3v) is 8.51. The van der Waals surface area contributed by atoms with E-state index in [1.54, 1.807) is 6.08 Å². The number of nitrogens with zero attached hydrogens (tertiary/aromatic N) is 7. The first-order valence-electron chi connectivity index (χ1n) is 15.4. The zero-order valence-electron chi connectivity index (χ0n) is 27.7. The van der Waals surface area contributed by atoms with E-state index in [-0.39, 0.29) is 30.7 Å². The monoisotopic (exact) mass is 626 g/mol. The van der Waals surface area contributed by atoms with Gasteiger partial charge < -0.3 is 35.0 Å². The Hall–Kier alpha value is -4.30. The van der Waals surface area contributed by atoms with Gasteiger partial charge in [0.25, 0.3) is 0 Å². The number of hydrogen-bond donors (Lipinski definition) is 1. The van der Waals surface area contributed by atoms with Gasteiger partial charge in [-0.1, -0.05) is 6.08 Å². The van der Waals surface area contributed by atoms with Crippen LogP contribution in [0.5, 0.6) is 11.5 Å². The molecule has 4 heterocycles. The van der Waals surface area contributed by atoms with Gasteiger partial charge in [-0.3, -0.25) is 11.4 Å². The number of piperidine rings is 1. The van der Waals surface area contributed by atoms with Crippen molar-refractivity contribution in [1.29, 1.82) is 0 Å². The molecule has 0 amide bonds. The largest absolute Gasteiger partial charge is 1.00 e. The Bertz CT molecular complexity index is 1690. The van der Waals surface area contributed by atoms with Crippen molar-refractivity contribution in [2.24, 2.45) is 16.8 Å². The fourth-order valence-corrected chi connectivity index (χ4v) is 5.60. The summed E-state index contributed by atoms with van der Waals surface area (Å²) < 4.78 is 12.2. The van der Waals surface area contributed by atoms with Gasteiger partial charge in [-0.2, -0.15) is 6.08 Å². The van der Waals surface area contributed by atoms with Crippen LogP contribution in [0.1, 0.15) is 31.7 Å². The van der Waals surface area contributed by atoms with Crippen molar-refractivity contribution in [1.82, 2.24) is 19.9 Å². The predicted molar refractivity (Wildman–Crippen MR) is 182 cm³/mol. The summed E-state index contributed by atoms with van der Waals surface area (Å²) in [6.07, 6.45) is 13.4. The van der Waals surface area contributed by atoms with Crippen LogP contribution < -0.4 is 38.6 Å². The normalized spacial score (nSPS) is 18.3. The van der Waals surface area contributed by atoms with Gasteiger partial charge in [0, 0.05) is 49.0 Å². The number of pyridine rings is 1. The fourth-order valence-electron chi connectivity index (χ4n) is 5.60. The second-order valence-corrected chi connectivity index (χ2v) is 11.8. The van der Waals surface area contributed by atoms with Crippen molar-refractivity contribution in [3.8, 4) is 11.5 Å². The molecule has 240 valence electrons. The number of aliphatic imine (C=N–C) groups is 1. The van der Waals surface area contributed by atoms with Crippen LogP contribution in [0.15, 0.2) is 65.6 Å². The molecule has 0 aliphatic carbocycles. The number of fused-ring (bicyclic) bond motifs is 5. The maximum atomic E-state index is 12.6. The van der Waals surface area contributed by atoms with Gasteiger partial charge in [0.15, 0.2) is 23.2 Å². The molecule has 0 spiro atoms. The number of allylic oxidation sites excluding steroid dienone is 3. The van der Waals surface area contributed by atoms with E-state index in [1.165, 1.54) is 18.5 Å². The maximum absolute atomic E-state index is 12.6. The van der Waals surface area contributed by atoms with E-state index in [0.29, 0.717) is 65.3 Å². The zero-order chi connectivity index (χ0) is 32.6. The molecule has 0 radical (unpaired) electrons. The Kier molecular flexibility index (Phi) is 12.5. The number of carbonyl (C=O) groups is 1. The van der Waals surface area contributed by atoms with Crippen molar-refractivity contribution >= 4 is 46.7 Å². The number of likely N-dealkylation sites (N-methyl/N-ethyl adjacent to an activating group) is 1. The van der Waals surface area contributed by atoms with Crippen molar-refractivity contribution in [2.75, 3.05) is 44.0 Å². The Morgan fingerprint density at radius 1 is 1.34 bits per heavy atom. The molecule has 1 unspecified atom stereocenters. The number of anilines is 3. The third-order valence-electron chi connectivity index (χ3n) is 8.51. The molecule has 2 bridgehead atoms. The van der Waals surface area contributed by atoms with Crippen LogP contribution in [0.2, 0.25) is 0 Å². The molecule has 1 aromatic carbocycles. The molecule has 1 fully saturated rings. The van der Waals surface area contributed by atoms with Gasteiger partial charge in [-0.25, -0.2) is 27.5 Å². The molecule has 1 N–H and O–H groups in total. The van der Waals surface area contributed by atoms with Crippen LogP contribution in [0.3, 0.4) is 0 Å². The quantitative estimate of drug-likeness (QED) is 0.0579. The SMILES string of the molecule is [CH-]=C/C(=C\[C-]=NC=[N-])Oc1ccc(Nc2ncnc3cc4c(nc23)N2CCC(CCC(=O)/C=C/[C@H](C)N(C)C)[C@H](CO4)C2)cc1C.[Li+]. The zero-order valence-corrected chi connectivity index (χ0v) is 27.7. The molecular weight excluding hydrogens is 587 g/mol. The molecule has 0 saturated carbocycles. The summed E-state index contributed by atoms with van der Waals surface area (Å²) in [5.74, 6) is 3.90. The molecule has 47 heavy (non-hydrogen) atoms. The van der Waals surface area contributed by atoms with Gasteiger partial charge in [0.1, 0.15) is 17.6 Å². The van der Waals surface area contributed by atoms with Crippen LogP contribution in [-0.4, -0.2) is 78.0 Å². The predicted octanol–water partition coefficient (Wildman–Crippen LogP) is 2.57. The number of rotatable bonds is 13. The minimum atomic E-state index is 0. The summed E-state index contributed by atoms with van der Waals surface area (Å²) in [7, 11) is 4.01. The molecule has 3 aromatic rings. The average Bonchev–Trinajstić information content (AvgIpc) is 3.19. The van der Waals surface area contributed by atoms with E-state index in [4.69, 9.17) is 26.4 Å². The third kappa shape index (κ3) is 8.95. The molecule has 12 heteroatoms. The molecular formula is C35H39LiN8O3-2. The topological polar surface area (TPSA) is 127 Å². The summed E-state index contributed by atoms with van der Waals surface area (Å²) >= 11 is 0. The van der Waals surface area contributed by atoms with Gasteiger partial charge >= 0.3 is 18.9 Å².